The van der Waals surface area contributed by atoms with Crippen LogP contribution in [0.4, 0.5) is 0 Å². The van der Waals surface area contributed by atoms with Gasteiger partial charge in [0.05, 0.1) is 0 Å². The quantitative estimate of drug-likeness (QED) is 0.914. The van der Waals surface area contributed by atoms with Crippen molar-refractivity contribution < 1.29 is 4.79 Å². The van der Waals surface area contributed by atoms with E-state index in [1.165, 1.54) is 31.2 Å². The average Bonchev–Trinajstić information content (AvgIpc) is 3.15. The number of carbonyl (C=O) groups is 1. The van der Waals surface area contributed by atoms with Crippen molar-refractivity contribution in [2.24, 2.45) is 0 Å². The second-order valence-corrected chi connectivity index (χ2v) is 6.23. The number of rotatable bonds is 4. The smallest absolute Gasteiger partial charge is 0.254 e. The van der Waals surface area contributed by atoms with Gasteiger partial charge < -0.3 is 10.2 Å². The fraction of sp³-hybridized carbons (Fsp3) is 0.588. The summed E-state index contributed by atoms with van der Waals surface area (Å²) in [6.45, 7) is 6.10. The fourth-order valence-corrected chi connectivity index (χ4v) is 3.07. The SMILES string of the molecule is Cc1cccc(C(=O)N(CC2CCCN2)C2CC2)c1C. The number of hydrogen-bond donors (Lipinski definition) is 1. The van der Waals surface area contributed by atoms with E-state index in [-0.39, 0.29) is 5.91 Å². The Labute approximate surface area is 121 Å². The first-order chi connectivity index (χ1) is 9.66. The number of nitrogens with zero attached hydrogens (tertiary/aromatic N) is 1. The van der Waals surface area contributed by atoms with E-state index in [2.05, 4.69) is 30.1 Å². The summed E-state index contributed by atoms with van der Waals surface area (Å²) in [6.07, 6.45) is 4.77. The van der Waals surface area contributed by atoms with Gasteiger partial charge in [-0.3, -0.25) is 4.79 Å². The van der Waals surface area contributed by atoms with Gasteiger partial charge in [-0.05, 0) is 63.3 Å². The van der Waals surface area contributed by atoms with Crippen molar-refractivity contribution in [2.45, 2.75) is 51.6 Å². The molecule has 0 bridgehead atoms. The molecule has 1 saturated carbocycles. The van der Waals surface area contributed by atoms with Crippen LogP contribution < -0.4 is 5.32 Å². The van der Waals surface area contributed by atoms with Gasteiger partial charge in [-0.25, -0.2) is 0 Å². The maximum absolute atomic E-state index is 12.9. The van der Waals surface area contributed by atoms with Crippen LogP contribution in [0.3, 0.4) is 0 Å². The second kappa shape index (κ2) is 5.57. The Kier molecular flexibility index (Phi) is 3.79. The molecule has 1 aliphatic carbocycles. The predicted molar refractivity (Wildman–Crippen MR) is 81.0 cm³/mol. The minimum atomic E-state index is 0.224. The van der Waals surface area contributed by atoms with Crippen molar-refractivity contribution in [2.75, 3.05) is 13.1 Å². The molecule has 2 fully saturated rings. The molecule has 0 radical (unpaired) electrons. The van der Waals surface area contributed by atoms with E-state index in [0.29, 0.717) is 12.1 Å². The highest BCUT2D eigenvalue weighted by Crippen LogP contribution is 2.30. The van der Waals surface area contributed by atoms with E-state index in [0.717, 1.165) is 24.2 Å². The zero-order valence-electron chi connectivity index (χ0n) is 12.5. The molecule has 0 aromatic heterocycles. The van der Waals surface area contributed by atoms with E-state index in [1.807, 2.05) is 12.1 Å². The monoisotopic (exact) mass is 272 g/mol. The number of amides is 1. The molecule has 3 heteroatoms. The Morgan fingerprint density at radius 3 is 2.75 bits per heavy atom. The third-order valence-electron chi connectivity index (χ3n) is 4.66. The molecule has 3 nitrogen and oxygen atoms in total. The van der Waals surface area contributed by atoms with Gasteiger partial charge in [0.25, 0.3) is 5.91 Å². The minimum absolute atomic E-state index is 0.224. The summed E-state index contributed by atoms with van der Waals surface area (Å²) in [5.41, 5.74) is 3.21. The topological polar surface area (TPSA) is 32.3 Å². The van der Waals surface area contributed by atoms with Gasteiger partial charge in [-0.1, -0.05) is 12.1 Å². The highest BCUT2D eigenvalue weighted by molar-refractivity contribution is 5.96. The molecule has 1 unspecified atom stereocenters. The molecule has 1 N–H and O–H groups in total. The zero-order valence-corrected chi connectivity index (χ0v) is 12.5. The van der Waals surface area contributed by atoms with E-state index in [1.54, 1.807) is 0 Å². The van der Waals surface area contributed by atoms with E-state index < -0.39 is 0 Å². The summed E-state index contributed by atoms with van der Waals surface area (Å²) in [5.74, 6) is 0.224. The minimum Gasteiger partial charge on any atom is -0.334 e. The third kappa shape index (κ3) is 2.73. The van der Waals surface area contributed by atoms with Crippen LogP contribution in [-0.2, 0) is 0 Å². The molecular weight excluding hydrogens is 248 g/mol. The Bertz CT molecular complexity index is 502. The van der Waals surface area contributed by atoms with Crippen LogP contribution in [0.5, 0.6) is 0 Å². The Hall–Kier alpha value is -1.35. The Morgan fingerprint density at radius 1 is 1.30 bits per heavy atom. The van der Waals surface area contributed by atoms with Crippen molar-refractivity contribution in [1.82, 2.24) is 10.2 Å². The van der Waals surface area contributed by atoms with Gasteiger partial charge in [-0.2, -0.15) is 0 Å². The van der Waals surface area contributed by atoms with Gasteiger partial charge in [0.15, 0.2) is 0 Å². The van der Waals surface area contributed by atoms with E-state index in [9.17, 15) is 4.79 Å². The largest absolute Gasteiger partial charge is 0.334 e. The van der Waals surface area contributed by atoms with Crippen molar-refractivity contribution in [3.8, 4) is 0 Å². The summed E-state index contributed by atoms with van der Waals surface area (Å²) < 4.78 is 0. The van der Waals surface area contributed by atoms with E-state index >= 15 is 0 Å². The average molecular weight is 272 g/mol. The molecule has 1 aromatic carbocycles. The zero-order chi connectivity index (χ0) is 14.1. The standard InChI is InChI=1S/C17H24N2O/c1-12-5-3-7-16(13(12)2)17(20)19(15-8-9-15)11-14-6-4-10-18-14/h3,5,7,14-15,18H,4,6,8-11H2,1-2H3. The molecule has 1 heterocycles. The van der Waals surface area contributed by atoms with Crippen LogP contribution in [0.25, 0.3) is 0 Å². The molecular formula is C17H24N2O. The highest BCUT2D eigenvalue weighted by Gasteiger charge is 2.35. The molecule has 1 atom stereocenters. The highest BCUT2D eigenvalue weighted by atomic mass is 16.2. The number of hydrogen-bond acceptors (Lipinski definition) is 2. The van der Waals surface area contributed by atoms with Crippen LogP contribution >= 0.6 is 0 Å². The lowest BCUT2D eigenvalue weighted by atomic mass is 10.0. The van der Waals surface area contributed by atoms with Crippen LogP contribution in [0.15, 0.2) is 18.2 Å². The fourth-order valence-electron chi connectivity index (χ4n) is 3.07. The number of nitrogens with one attached hydrogen (secondary N) is 1. The molecule has 20 heavy (non-hydrogen) atoms. The summed E-state index contributed by atoms with van der Waals surface area (Å²) in [4.78, 5) is 15.0. The summed E-state index contributed by atoms with van der Waals surface area (Å²) in [6, 6.07) is 7.01. The first-order valence-corrected chi connectivity index (χ1v) is 7.77. The van der Waals surface area contributed by atoms with Crippen LogP contribution in [-0.4, -0.2) is 36.0 Å². The Morgan fingerprint density at radius 2 is 2.10 bits per heavy atom. The maximum Gasteiger partial charge on any atom is 0.254 e. The third-order valence-corrected chi connectivity index (χ3v) is 4.66. The molecule has 108 valence electrons. The second-order valence-electron chi connectivity index (χ2n) is 6.23. The number of carbonyl (C=O) groups excluding carboxylic acids is 1. The molecule has 1 amide bonds. The van der Waals surface area contributed by atoms with Gasteiger partial charge >= 0.3 is 0 Å². The lowest BCUT2D eigenvalue weighted by molar-refractivity contribution is 0.0728. The number of benzene rings is 1. The lowest BCUT2D eigenvalue weighted by Crippen LogP contribution is -2.42. The summed E-state index contributed by atoms with van der Waals surface area (Å²) in [5, 5.41) is 3.51. The van der Waals surface area contributed by atoms with Gasteiger partial charge in [0, 0.05) is 24.2 Å². The van der Waals surface area contributed by atoms with Gasteiger partial charge in [0.1, 0.15) is 0 Å². The van der Waals surface area contributed by atoms with Gasteiger partial charge in [0.2, 0.25) is 0 Å². The molecule has 3 rings (SSSR count). The van der Waals surface area contributed by atoms with Crippen molar-refractivity contribution >= 4 is 5.91 Å². The first kappa shape index (κ1) is 13.6. The van der Waals surface area contributed by atoms with Crippen molar-refractivity contribution in [1.29, 1.82) is 0 Å². The molecule has 1 aliphatic heterocycles. The predicted octanol–water partition coefficient (Wildman–Crippen LogP) is 2.66. The van der Waals surface area contributed by atoms with Gasteiger partial charge in [-0.15, -0.1) is 0 Å². The van der Waals surface area contributed by atoms with Crippen LogP contribution in [0.2, 0.25) is 0 Å². The maximum atomic E-state index is 12.9. The lowest BCUT2D eigenvalue weighted by Gasteiger charge is -2.26. The van der Waals surface area contributed by atoms with Crippen molar-refractivity contribution in [3.05, 3.63) is 34.9 Å². The molecule has 0 spiro atoms. The first-order valence-electron chi connectivity index (χ1n) is 7.77. The van der Waals surface area contributed by atoms with Crippen molar-refractivity contribution in [3.63, 3.8) is 0 Å². The molecule has 2 aliphatic rings. The Balaban J connectivity index is 1.79. The molecule has 1 aromatic rings. The normalized spacial score (nSPS) is 22.0. The number of aryl methyl sites for hydroxylation is 1. The summed E-state index contributed by atoms with van der Waals surface area (Å²) in [7, 11) is 0. The van der Waals surface area contributed by atoms with E-state index in [4.69, 9.17) is 0 Å². The van der Waals surface area contributed by atoms with Crippen LogP contribution in [0, 0.1) is 13.8 Å². The summed E-state index contributed by atoms with van der Waals surface area (Å²) >= 11 is 0. The molecule has 1 saturated heterocycles. The van der Waals surface area contributed by atoms with Crippen LogP contribution in [0.1, 0.15) is 47.2 Å².